The zero-order valence-corrected chi connectivity index (χ0v) is 9.63. The average molecular weight is 276 g/mol. The number of hydrogen-bond acceptors (Lipinski definition) is 5. The second kappa shape index (κ2) is 4.41. The van der Waals surface area contributed by atoms with Crippen LogP contribution in [-0.4, -0.2) is 14.8 Å². The number of pyridine rings is 1. The lowest BCUT2D eigenvalue weighted by molar-refractivity contribution is -0.144. The van der Waals surface area contributed by atoms with E-state index in [1.165, 1.54) is 0 Å². The Morgan fingerprint density at radius 2 is 2.06 bits per heavy atom. The highest BCUT2D eigenvalue weighted by atomic mass is 32.1. The second-order valence-electron chi connectivity index (χ2n) is 3.37. The van der Waals surface area contributed by atoms with E-state index in [0.717, 1.165) is 29.5 Å². The van der Waals surface area contributed by atoms with Crippen LogP contribution in [0.4, 0.5) is 18.3 Å². The summed E-state index contributed by atoms with van der Waals surface area (Å²) < 4.78 is 38.8. The molecule has 0 saturated heterocycles. The first-order valence-electron chi connectivity index (χ1n) is 4.73. The molecule has 5 nitrogen and oxygen atoms in total. The van der Waals surface area contributed by atoms with Gasteiger partial charge in [0.05, 0.1) is 6.54 Å². The van der Waals surface area contributed by atoms with Crippen LogP contribution < -0.4 is 11.3 Å². The normalized spacial score (nSPS) is 11.7. The molecule has 0 amide bonds. The number of rotatable bonds is 2. The van der Waals surface area contributed by atoms with Crippen LogP contribution in [0.5, 0.6) is 0 Å². The number of nitrogens with two attached hydrogens (primary N) is 1. The van der Waals surface area contributed by atoms with Crippen molar-refractivity contribution in [1.82, 2.24) is 14.8 Å². The van der Waals surface area contributed by atoms with E-state index < -0.39 is 17.4 Å². The molecule has 0 unspecified atom stereocenters. The van der Waals surface area contributed by atoms with Gasteiger partial charge in [0, 0.05) is 6.07 Å². The van der Waals surface area contributed by atoms with Crippen LogP contribution in [-0.2, 0) is 12.7 Å². The van der Waals surface area contributed by atoms with E-state index in [2.05, 4.69) is 10.2 Å². The van der Waals surface area contributed by atoms with Gasteiger partial charge in [0.1, 0.15) is 10.7 Å². The number of hydrogen-bond donors (Lipinski definition) is 1. The Labute approximate surface area is 103 Å². The number of nitrogen functional groups attached to an aromatic ring is 1. The van der Waals surface area contributed by atoms with Gasteiger partial charge in [-0.25, -0.2) is 0 Å². The van der Waals surface area contributed by atoms with E-state index in [9.17, 15) is 18.0 Å². The standard InChI is InChI=1S/C9H7F3N4OS/c10-9(11,12)5-2-1-3-7(17)16(5)4-6-14-15-8(13)18-6/h1-3H,4H2,(H2,13,15). The van der Waals surface area contributed by atoms with Crippen molar-refractivity contribution in [2.45, 2.75) is 12.7 Å². The van der Waals surface area contributed by atoms with Gasteiger partial charge in [-0.05, 0) is 6.07 Å². The van der Waals surface area contributed by atoms with Crippen LogP contribution in [0.1, 0.15) is 10.7 Å². The number of nitrogens with zero attached hydrogens (tertiary/aromatic N) is 3. The monoisotopic (exact) mass is 276 g/mol. The van der Waals surface area contributed by atoms with Crippen molar-refractivity contribution in [2.24, 2.45) is 0 Å². The quantitative estimate of drug-likeness (QED) is 0.898. The molecular weight excluding hydrogens is 269 g/mol. The summed E-state index contributed by atoms with van der Waals surface area (Å²) in [7, 11) is 0. The number of halogens is 3. The first kappa shape index (κ1) is 12.6. The first-order valence-corrected chi connectivity index (χ1v) is 5.54. The lowest BCUT2D eigenvalue weighted by atomic mass is 10.3. The molecular formula is C9H7F3N4OS. The van der Waals surface area contributed by atoms with Crippen molar-refractivity contribution in [3.63, 3.8) is 0 Å². The Kier molecular flexibility index (Phi) is 3.07. The zero-order chi connectivity index (χ0) is 13.3. The topological polar surface area (TPSA) is 73.8 Å². The molecule has 0 atom stereocenters. The van der Waals surface area contributed by atoms with E-state index in [-0.39, 0.29) is 16.7 Å². The summed E-state index contributed by atoms with van der Waals surface area (Å²) in [5, 5.41) is 7.46. The molecule has 0 radical (unpaired) electrons. The molecule has 18 heavy (non-hydrogen) atoms. The Morgan fingerprint density at radius 3 is 2.61 bits per heavy atom. The highest BCUT2D eigenvalue weighted by molar-refractivity contribution is 7.15. The van der Waals surface area contributed by atoms with Crippen LogP contribution in [0.25, 0.3) is 0 Å². The molecule has 0 aliphatic carbocycles. The van der Waals surface area contributed by atoms with Gasteiger partial charge < -0.3 is 5.73 Å². The van der Waals surface area contributed by atoms with Crippen LogP contribution >= 0.6 is 11.3 Å². The van der Waals surface area contributed by atoms with Gasteiger partial charge in [0.15, 0.2) is 0 Å². The van der Waals surface area contributed by atoms with Gasteiger partial charge in [0.25, 0.3) is 5.56 Å². The number of alkyl halides is 3. The van der Waals surface area contributed by atoms with Crippen molar-refractivity contribution in [1.29, 1.82) is 0 Å². The summed E-state index contributed by atoms with van der Waals surface area (Å²) in [6.45, 7) is -0.302. The summed E-state index contributed by atoms with van der Waals surface area (Å²) in [6.07, 6.45) is -4.60. The van der Waals surface area contributed by atoms with Crippen LogP contribution in [0.15, 0.2) is 23.0 Å². The van der Waals surface area contributed by atoms with Gasteiger partial charge in [-0.1, -0.05) is 17.4 Å². The van der Waals surface area contributed by atoms with Crippen molar-refractivity contribution in [3.8, 4) is 0 Å². The fraction of sp³-hybridized carbons (Fsp3) is 0.222. The third kappa shape index (κ3) is 2.50. The lowest BCUT2D eigenvalue weighted by Gasteiger charge is -2.13. The number of anilines is 1. The minimum Gasteiger partial charge on any atom is -0.374 e. The van der Waals surface area contributed by atoms with Crippen LogP contribution in [0, 0.1) is 0 Å². The van der Waals surface area contributed by atoms with E-state index in [1.807, 2.05) is 0 Å². The smallest absolute Gasteiger partial charge is 0.374 e. The molecule has 0 aliphatic heterocycles. The van der Waals surface area contributed by atoms with E-state index >= 15 is 0 Å². The molecule has 0 fully saturated rings. The van der Waals surface area contributed by atoms with E-state index in [0.29, 0.717) is 4.57 Å². The van der Waals surface area contributed by atoms with Crippen molar-refractivity contribution in [3.05, 3.63) is 39.3 Å². The van der Waals surface area contributed by atoms with Crippen molar-refractivity contribution < 1.29 is 13.2 Å². The van der Waals surface area contributed by atoms with Gasteiger partial charge >= 0.3 is 6.18 Å². The zero-order valence-electron chi connectivity index (χ0n) is 8.81. The molecule has 2 aromatic heterocycles. The molecule has 0 spiro atoms. The minimum absolute atomic E-state index is 0.141. The predicted molar refractivity (Wildman–Crippen MR) is 59.1 cm³/mol. The largest absolute Gasteiger partial charge is 0.431 e. The minimum atomic E-state index is -4.60. The lowest BCUT2D eigenvalue weighted by Crippen LogP contribution is -2.27. The maximum Gasteiger partial charge on any atom is 0.431 e. The molecule has 0 bridgehead atoms. The average Bonchev–Trinajstić information content (AvgIpc) is 2.65. The first-order chi connectivity index (χ1) is 8.38. The summed E-state index contributed by atoms with van der Waals surface area (Å²) >= 11 is 0.939. The maximum atomic E-state index is 12.7. The second-order valence-corrected chi connectivity index (χ2v) is 4.46. The Morgan fingerprint density at radius 1 is 1.33 bits per heavy atom. The third-order valence-corrected chi connectivity index (χ3v) is 2.85. The van der Waals surface area contributed by atoms with Crippen molar-refractivity contribution >= 4 is 16.5 Å². The number of aromatic nitrogens is 3. The van der Waals surface area contributed by atoms with Crippen LogP contribution in [0.3, 0.4) is 0 Å². The summed E-state index contributed by atoms with van der Waals surface area (Å²) in [4.78, 5) is 11.5. The van der Waals surface area contributed by atoms with Crippen molar-refractivity contribution in [2.75, 3.05) is 5.73 Å². The molecule has 0 saturated carbocycles. The fourth-order valence-corrected chi connectivity index (χ4v) is 1.99. The van der Waals surface area contributed by atoms with Gasteiger partial charge in [-0.2, -0.15) is 13.2 Å². The Balaban J connectivity index is 2.47. The molecule has 2 N–H and O–H groups in total. The van der Waals surface area contributed by atoms with Gasteiger partial charge in [0.2, 0.25) is 5.13 Å². The third-order valence-electron chi connectivity index (χ3n) is 2.12. The van der Waals surface area contributed by atoms with Gasteiger partial charge in [-0.15, -0.1) is 10.2 Å². The Hall–Kier alpha value is -1.90. The molecule has 96 valence electrons. The molecule has 2 heterocycles. The molecule has 2 aromatic rings. The molecule has 0 aliphatic rings. The molecule has 0 aromatic carbocycles. The highest BCUT2D eigenvalue weighted by Gasteiger charge is 2.34. The predicted octanol–water partition coefficient (Wildman–Crippen LogP) is 1.35. The summed E-state index contributed by atoms with van der Waals surface area (Å²) in [5.41, 5.74) is 3.55. The Bertz CT molecular complexity index is 619. The van der Waals surface area contributed by atoms with Gasteiger partial charge in [-0.3, -0.25) is 9.36 Å². The SMILES string of the molecule is Nc1nnc(Cn2c(C(F)(F)F)cccc2=O)s1. The summed E-state index contributed by atoms with van der Waals surface area (Å²) in [5.74, 6) is 0. The summed E-state index contributed by atoms with van der Waals surface area (Å²) in [6, 6.07) is 2.96. The van der Waals surface area contributed by atoms with E-state index in [4.69, 9.17) is 5.73 Å². The van der Waals surface area contributed by atoms with Crippen LogP contribution in [0.2, 0.25) is 0 Å². The molecule has 2 rings (SSSR count). The van der Waals surface area contributed by atoms with E-state index in [1.54, 1.807) is 0 Å². The molecule has 9 heteroatoms. The fourth-order valence-electron chi connectivity index (χ4n) is 1.40. The highest BCUT2D eigenvalue weighted by Crippen LogP contribution is 2.28. The maximum absolute atomic E-state index is 12.7.